The predicted molar refractivity (Wildman–Crippen MR) is 92.2 cm³/mol. The minimum absolute atomic E-state index is 0.0254. The van der Waals surface area contributed by atoms with Crippen LogP contribution in [0.25, 0.3) is 11.0 Å². The summed E-state index contributed by atoms with van der Waals surface area (Å²) in [6.45, 7) is 1.87. The number of carbonyl (C=O) groups is 2. The number of hydrogen-bond acceptors (Lipinski definition) is 4. The van der Waals surface area contributed by atoms with Gasteiger partial charge < -0.3 is 14.6 Å². The number of piperidine rings is 1. The second-order valence-corrected chi connectivity index (χ2v) is 6.75. The number of H-pyrrole nitrogens is 1. The van der Waals surface area contributed by atoms with Crippen molar-refractivity contribution < 1.29 is 14.3 Å². The molecule has 132 valence electrons. The highest BCUT2D eigenvalue weighted by atomic mass is 16.5. The van der Waals surface area contributed by atoms with Crippen LogP contribution in [0.15, 0.2) is 24.3 Å². The number of ether oxygens (including phenoxy) is 1. The number of aromatic amines is 1. The van der Waals surface area contributed by atoms with Crippen LogP contribution in [0.5, 0.6) is 0 Å². The van der Waals surface area contributed by atoms with Gasteiger partial charge in [-0.25, -0.2) is 9.78 Å². The lowest BCUT2D eigenvalue weighted by Gasteiger charge is -2.43. The van der Waals surface area contributed by atoms with Gasteiger partial charge in [0.2, 0.25) is 5.91 Å². The van der Waals surface area contributed by atoms with Gasteiger partial charge >= 0.3 is 6.09 Å². The summed E-state index contributed by atoms with van der Waals surface area (Å²) in [6.07, 6.45) is 2.18. The highest BCUT2D eigenvalue weighted by Crippen LogP contribution is 2.29. The average molecular weight is 342 g/mol. The molecule has 1 aromatic heterocycles. The minimum atomic E-state index is -0.410. The Morgan fingerprint density at radius 1 is 1.24 bits per heavy atom. The summed E-state index contributed by atoms with van der Waals surface area (Å²) in [5.74, 6) is 1.18. The lowest BCUT2D eigenvalue weighted by Crippen LogP contribution is -2.58. The third kappa shape index (κ3) is 2.83. The van der Waals surface area contributed by atoms with Crippen LogP contribution in [0.4, 0.5) is 4.79 Å². The molecular formula is C18H22N4O3. The van der Waals surface area contributed by atoms with E-state index in [-0.39, 0.29) is 11.8 Å². The largest absolute Gasteiger partial charge is 0.453 e. The first kappa shape index (κ1) is 15.9. The maximum absolute atomic E-state index is 12.8. The zero-order valence-corrected chi connectivity index (χ0v) is 14.3. The molecule has 1 atom stereocenters. The highest BCUT2D eigenvalue weighted by molar-refractivity contribution is 5.86. The number of nitrogens with one attached hydrogen (secondary N) is 1. The molecule has 7 nitrogen and oxygen atoms in total. The van der Waals surface area contributed by atoms with E-state index in [1.54, 1.807) is 4.90 Å². The van der Waals surface area contributed by atoms with Crippen molar-refractivity contribution in [3.63, 3.8) is 0 Å². The molecule has 1 N–H and O–H groups in total. The molecule has 2 amide bonds. The van der Waals surface area contributed by atoms with Gasteiger partial charge in [0.15, 0.2) is 0 Å². The van der Waals surface area contributed by atoms with Crippen molar-refractivity contribution in [3.05, 3.63) is 30.1 Å². The van der Waals surface area contributed by atoms with Gasteiger partial charge in [-0.3, -0.25) is 9.69 Å². The molecule has 0 saturated carbocycles. The maximum atomic E-state index is 12.8. The fourth-order valence-electron chi connectivity index (χ4n) is 3.73. The molecule has 3 heterocycles. The fourth-order valence-corrected chi connectivity index (χ4v) is 3.73. The molecule has 0 spiro atoms. The summed E-state index contributed by atoms with van der Waals surface area (Å²) in [5.41, 5.74) is 1.97. The van der Waals surface area contributed by atoms with Crippen LogP contribution in [0.2, 0.25) is 0 Å². The number of nitrogens with zero attached hydrogens (tertiary/aromatic N) is 3. The number of carbonyl (C=O) groups excluding carboxylic acids is 2. The van der Waals surface area contributed by atoms with E-state index in [2.05, 4.69) is 9.97 Å². The van der Waals surface area contributed by atoms with Gasteiger partial charge in [0.05, 0.1) is 24.1 Å². The molecule has 0 radical (unpaired) electrons. The number of amides is 2. The normalized spacial score (nSPS) is 21.2. The Kier molecular flexibility index (Phi) is 4.07. The maximum Gasteiger partial charge on any atom is 0.410 e. The van der Waals surface area contributed by atoms with Gasteiger partial charge in [-0.2, -0.15) is 0 Å². The van der Waals surface area contributed by atoms with Crippen LogP contribution in [0.1, 0.15) is 31.0 Å². The molecule has 25 heavy (non-hydrogen) atoms. The first-order valence-corrected chi connectivity index (χ1v) is 8.75. The van der Waals surface area contributed by atoms with Crippen molar-refractivity contribution in [3.8, 4) is 0 Å². The van der Waals surface area contributed by atoms with E-state index in [0.717, 1.165) is 29.7 Å². The number of aromatic nitrogens is 2. The third-order valence-corrected chi connectivity index (χ3v) is 5.18. The van der Waals surface area contributed by atoms with Crippen LogP contribution >= 0.6 is 0 Å². The highest BCUT2D eigenvalue weighted by Gasteiger charge is 2.41. The van der Waals surface area contributed by atoms with Crippen LogP contribution < -0.4 is 0 Å². The molecule has 0 bridgehead atoms. The molecule has 2 fully saturated rings. The standard InChI is InChI=1S/C18H22N4O3/c1-25-18(24)22-9-5-4-8-15(22)17(23)21-10-12(11-21)16-19-13-6-2-3-7-14(13)20-16/h2-3,6-7,12,15H,4-5,8-11H2,1H3,(H,19,20). The number of likely N-dealkylation sites (tertiary alicyclic amines) is 2. The van der Waals surface area contributed by atoms with E-state index in [0.29, 0.717) is 26.1 Å². The number of para-hydroxylation sites is 2. The molecule has 1 aromatic carbocycles. The van der Waals surface area contributed by atoms with Crippen LogP contribution in [-0.4, -0.2) is 64.6 Å². The molecule has 2 aliphatic heterocycles. The molecule has 1 unspecified atom stereocenters. The Bertz CT molecular complexity index is 763. The van der Waals surface area contributed by atoms with Gasteiger partial charge in [0, 0.05) is 19.6 Å². The summed E-state index contributed by atoms with van der Waals surface area (Å²) < 4.78 is 4.83. The van der Waals surface area contributed by atoms with Crippen molar-refractivity contribution in [2.24, 2.45) is 0 Å². The van der Waals surface area contributed by atoms with Crippen molar-refractivity contribution >= 4 is 23.0 Å². The van der Waals surface area contributed by atoms with Gasteiger partial charge in [-0.1, -0.05) is 12.1 Å². The first-order valence-electron chi connectivity index (χ1n) is 8.75. The summed E-state index contributed by atoms with van der Waals surface area (Å²) in [7, 11) is 1.36. The Morgan fingerprint density at radius 3 is 2.80 bits per heavy atom. The second kappa shape index (κ2) is 6.38. The van der Waals surface area contributed by atoms with E-state index >= 15 is 0 Å². The SMILES string of the molecule is COC(=O)N1CCCCC1C(=O)N1CC(c2nc3ccccc3[nH]2)C1. The molecule has 2 aliphatic rings. The van der Waals surface area contributed by atoms with E-state index in [1.807, 2.05) is 29.2 Å². The molecule has 7 heteroatoms. The van der Waals surface area contributed by atoms with Crippen molar-refractivity contribution in [2.45, 2.75) is 31.2 Å². The summed E-state index contributed by atoms with van der Waals surface area (Å²) in [4.78, 5) is 36.1. The van der Waals surface area contributed by atoms with Crippen LogP contribution in [0, 0.1) is 0 Å². The van der Waals surface area contributed by atoms with E-state index in [9.17, 15) is 9.59 Å². The number of benzene rings is 1. The Hall–Kier alpha value is -2.57. The monoisotopic (exact) mass is 342 g/mol. The molecule has 2 aromatic rings. The third-order valence-electron chi connectivity index (χ3n) is 5.18. The number of hydrogen-bond donors (Lipinski definition) is 1. The first-order chi connectivity index (χ1) is 12.2. The molecule has 0 aliphatic carbocycles. The van der Waals surface area contributed by atoms with Crippen molar-refractivity contribution in [2.75, 3.05) is 26.7 Å². The van der Waals surface area contributed by atoms with Gasteiger partial charge in [0.1, 0.15) is 11.9 Å². The minimum Gasteiger partial charge on any atom is -0.453 e. The van der Waals surface area contributed by atoms with Crippen LogP contribution in [0.3, 0.4) is 0 Å². The Labute approximate surface area is 146 Å². The lowest BCUT2D eigenvalue weighted by atomic mass is 9.95. The van der Waals surface area contributed by atoms with Gasteiger partial charge in [-0.15, -0.1) is 0 Å². The Balaban J connectivity index is 1.42. The van der Waals surface area contributed by atoms with Crippen molar-refractivity contribution in [1.82, 2.24) is 19.8 Å². The van der Waals surface area contributed by atoms with Gasteiger partial charge in [0.25, 0.3) is 0 Å². The average Bonchev–Trinajstić information content (AvgIpc) is 3.03. The molecule has 2 saturated heterocycles. The zero-order valence-electron chi connectivity index (χ0n) is 14.3. The molecule has 4 rings (SSSR count). The number of fused-ring (bicyclic) bond motifs is 1. The fraction of sp³-hybridized carbons (Fsp3) is 0.500. The molecular weight excluding hydrogens is 320 g/mol. The van der Waals surface area contributed by atoms with E-state index < -0.39 is 12.1 Å². The Morgan fingerprint density at radius 2 is 2.04 bits per heavy atom. The van der Waals surface area contributed by atoms with Crippen molar-refractivity contribution in [1.29, 1.82) is 0 Å². The second-order valence-electron chi connectivity index (χ2n) is 6.75. The predicted octanol–water partition coefficient (Wildman–Crippen LogP) is 2.11. The van der Waals surface area contributed by atoms with E-state index in [1.165, 1.54) is 7.11 Å². The summed E-state index contributed by atoms with van der Waals surface area (Å²) in [6, 6.07) is 7.54. The van der Waals surface area contributed by atoms with Gasteiger partial charge in [-0.05, 0) is 31.4 Å². The van der Waals surface area contributed by atoms with Crippen LogP contribution in [-0.2, 0) is 9.53 Å². The summed E-state index contributed by atoms with van der Waals surface area (Å²) in [5, 5.41) is 0. The number of rotatable bonds is 2. The number of methoxy groups -OCH3 is 1. The summed E-state index contributed by atoms with van der Waals surface area (Å²) >= 11 is 0. The van der Waals surface area contributed by atoms with E-state index in [4.69, 9.17) is 4.74 Å². The topological polar surface area (TPSA) is 78.5 Å². The zero-order chi connectivity index (χ0) is 17.4. The lowest BCUT2D eigenvalue weighted by molar-refractivity contribution is -0.142. The quantitative estimate of drug-likeness (QED) is 0.907. The smallest absolute Gasteiger partial charge is 0.410 e. The number of imidazole rings is 1.